The predicted octanol–water partition coefficient (Wildman–Crippen LogP) is 3.38. The fourth-order valence-corrected chi connectivity index (χ4v) is 3.44. The quantitative estimate of drug-likeness (QED) is 0.605. The van der Waals surface area contributed by atoms with Gasteiger partial charge in [0.2, 0.25) is 5.91 Å². The van der Waals surface area contributed by atoms with Crippen molar-refractivity contribution in [2.45, 2.75) is 25.2 Å². The van der Waals surface area contributed by atoms with Crippen LogP contribution in [0.5, 0.6) is 5.75 Å². The van der Waals surface area contributed by atoms with Gasteiger partial charge >= 0.3 is 0 Å². The van der Waals surface area contributed by atoms with E-state index >= 15 is 0 Å². The van der Waals surface area contributed by atoms with Crippen LogP contribution in [0.15, 0.2) is 59.8 Å². The minimum absolute atomic E-state index is 0.0273. The lowest BCUT2D eigenvalue weighted by atomic mass is 10.2. The summed E-state index contributed by atoms with van der Waals surface area (Å²) in [5.74, 6) is 1.85. The van der Waals surface area contributed by atoms with Crippen LogP contribution in [0.2, 0.25) is 0 Å². The smallest absolute Gasteiger partial charge is 0.230 e. The van der Waals surface area contributed by atoms with E-state index in [-0.39, 0.29) is 5.91 Å². The fourth-order valence-electron chi connectivity index (χ4n) is 2.61. The number of benzene rings is 2. The number of nitrogens with zero attached hydrogens (tertiary/aromatic N) is 3. The molecule has 0 saturated heterocycles. The van der Waals surface area contributed by atoms with Crippen molar-refractivity contribution in [2.24, 2.45) is 0 Å². The molecule has 0 aliphatic carbocycles. The lowest BCUT2D eigenvalue weighted by Crippen LogP contribution is -2.24. The molecule has 2 aromatic carbocycles. The molecule has 0 atom stereocenters. The topological polar surface area (TPSA) is 69.0 Å². The highest BCUT2D eigenvalue weighted by Crippen LogP contribution is 2.25. The van der Waals surface area contributed by atoms with Gasteiger partial charge < -0.3 is 14.6 Å². The molecule has 0 saturated carbocycles. The summed E-state index contributed by atoms with van der Waals surface area (Å²) in [6, 6.07) is 17.6. The van der Waals surface area contributed by atoms with Crippen LogP contribution in [0.1, 0.15) is 12.5 Å². The summed E-state index contributed by atoms with van der Waals surface area (Å²) in [5.41, 5.74) is 2.04. The van der Waals surface area contributed by atoms with E-state index in [0.29, 0.717) is 12.3 Å². The number of nitrogens with one attached hydrogen (secondary N) is 1. The molecule has 0 bridgehead atoms. The van der Waals surface area contributed by atoms with Gasteiger partial charge in [0.1, 0.15) is 5.75 Å². The van der Waals surface area contributed by atoms with Gasteiger partial charge in [0.25, 0.3) is 0 Å². The highest BCUT2D eigenvalue weighted by atomic mass is 32.2. The molecule has 0 radical (unpaired) electrons. The number of methoxy groups -OCH3 is 1. The highest BCUT2D eigenvalue weighted by Gasteiger charge is 2.14. The van der Waals surface area contributed by atoms with Crippen molar-refractivity contribution in [3.8, 4) is 17.1 Å². The van der Waals surface area contributed by atoms with Gasteiger partial charge in [0.15, 0.2) is 11.0 Å². The normalized spacial score (nSPS) is 10.6. The number of carbonyl (C=O) groups excluding carboxylic acids is 1. The molecule has 1 aromatic heterocycles. The van der Waals surface area contributed by atoms with Crippen LogP contribution in [0, 0.1) is 0 Å². The molecule has 3 rings (SSSR count). The average Bonchev–Trinajstić information content (AvgIpc) is 3.14. The zero-order valence-electron chi connectivity index (χ0n) is 15.4. The molecule has 7 heteroatoms. The second-order valence-corrected chi connectivity index (χ2v) is 6.77. The molecule has 27 heavy (non-hydrogen) atoms. The lowest BCUT2D eigenvalue weighted by molar-refractivity contribution is -0.118. The van der Waals surface area contributed by atoms with Gasteiger partial charge in [0.05, 0.1) is 12.9 Å². The first-order valence-corrected chi connectivity index (χ1v) is 9.71. The maximum Gasteiger partial charge on any atom is 0.230 e. The Hall–Kier alpha value is -2.80. The predicted molar refractivity (Wildman–Crippen MR) is 107 cm³/mol. The van der Waals surface area contributed by atoms with E-state index < -0.39 is 0 Å². The molecule has 0 aliphatic rings. The molecule has 1 N–H and O–H groups in total. The first kappa shape index (κ1) is 19.0. The second-order valence-electron chi connectivity index (χ2n) is 5.83. The second kappa shape index (κ2) is 9.23. The van der Waals surface area contributed by atoms with E-state index in [1.54, 1.807) is 7.11 Å². The van der Waals surface area contributed by atoms with Crippen molar-refractivity contribution in [3.05, 3.63) is 60.2 Å². The number of ether oxygens (including phenoxy) is 1. The summed E-state index contributed by atoms with van der Waals surface area (Å²) < 4.78 is 7.21. The molecule has 3 aromatic rings. The van der Waals surface area contributed by atoms with E-state index in [4.69, 9.17) is 4.74 Å². The average molecular weight is 382 g/mol. The molecule has 0 spiro atoms. The minimum Gasteiger partial charge on any atom is -0.497 e. The molecule has 0 fully saturated rings. The van der Waals surface area contributed by atoms with Crippen molar-refractivity contribution in [2.75, 3.05) is 12.9 Å². The SMILES string of the molecule is CCn1c(SCC(=O)NCc2ccccc2)nnc1-c1ccc(OC)cc1. The molecular formula is C20H22N4O2S. The number of carbonyl (C=O) groups is 1. The maximum atomic E-state index is 12.1. The Morgan fingerprint density at radius 2 is 1.85 bits per heavy atom. The maximum absolute atomic E-state index is 12.1. The summed E-state index contributed by atoms with van der Waals surface area (Å²) in [7, 11) is 1.64. The zero-order chi connectivity index (χ0) is 19.1. The molecule has 6 nitrogen and oxygen atoms in total. The Morgan fingerprint density at radius 3 is 2.52 bits per heavy atom. The van der Waals surface area contributed by atoms with Gasteiger partial charge in [-0.25, -0.2) is 0 Å². The number of thioether (sulfide) groups is 1. The monoisotopic (exact) mass is 382 g/mol. The molecule has 1 amide bonds. The molecule has 0 aliphatic heterocycles. The van der Waals surface area contributed by atoms with Crippen molar-refractivity contribution in [3.63, 3.8) is 0 Å². The van der Waals surface area contributed by atoms with Gasteiger partial charge in [-0.1, -0.05) is 42.1 Å². The Morgan fingerprint density at radius 1 is 1.11 bits per heavy atom. The molecule has 140 valence electrons. The van der Waals surface area contributed by atoms with Crippen LogP contribution in [-0.4, -0.2) is 33.5 Å². The fraction of sp³-hybridized carbons (Fsp3) is 0.250. The van der Waals surface area contributed by atoms with Crippen molar-refractivity contribution in [1.82, 2.24) is 20.1 Å². The van der Waals surface area contributed by atoms with Gasteiger partial charge in [-0.2, -0.15) is 0 Å². The summed E-state index contributed by atoms with van der Waals surface area (Å²) in [4.78, 5) is 12.1. The van der Waals surface area contributed by atoms with E-state index in [1.165, 1.54) is 11.8 Å². The summed E-state index contributed by atoms with van der Waals surface area (Å²) in [6.07, 6.45) is 0. The minimum atomic E-state index is -0.0273. The van der Waals surface area contributed by atoms with E-state index in [1.807, 2.05) is 66.1 Å². The van der Waals surface area contributed by atoms with Crippen molar-refractivity contribution >= 4 is 17.7 Å². The van der Waals surface area contributed by atoms with E-state index in [0.717, 1.165) is 34.4 Å². The van der Waals surface area contributed by atoms with Crippen LogP contribution in [0.3, 0.4) is 0 Å². The third-order valence-electron chi connectivity index (χ3n) is 4.05. The van der Waals surface area contributed by atoms with Gasteiger partial charge in [0, 0.05) is 18.7 Å². The number of hydrogen-bond donors (Lipinski definition) is 1. The van der Waals surface area contributed by atoms with E-state index in [2.05, 4.69) is 15.5 Å². The number of aromatic nitrogens is 3. The van der Waals surface area contributed by atoms with Crippen LogP contribution < -0.4 is 10.1 Å². The summed E-state index contributed by atoms with van der Waals surface area (Å²) in [6.45, 7) is 3.29. The summed E-state index contributed by atoms with van der Waals surface area (Å²) in [5, 5.41) is 12.2. The number of hydrogen-bond acceptors (Lipinski definition) is 5. The number of amides is 1. The Kier molecular flexibility index (Phi) is 6.49. The van der Waals surface area contributed by atoms with Gasteiger partial charge in [-0.15, -0.1) is 10.2 Å². The van der Waals surface area contributed by atoms with Crippen LogP contribution in [-0.2, 0) is 17.9 Å². The van der Waals surface area contributed by atoms with Crippen LogP contribution in [0.25, 0.3) is 11.4 Å². The zero-order valence-corrected chi connectivity index (χ0v) is 16.2. The highest BCUT2D eigenvalue weighted by molar-refractivity contribution is 7.99. The van der Waals surface area contributed by atoms with Crippen LogP contribution >= 0.6 is 11.8 Å². The van der Waals surface area contributed by atoms with Crippen molar-refractivity contribution < 1.29 is 9.53 Å². The first-order valence-electron chi connectivity index (χ1n) is 8.72. The van der Waals surface area contributed by atoms with Gasteiger partial charge in [-0.3, -0.25) is 4.79 Å². The van der Waals surface area contributed by atoms with Gasteiger partial charge in [-0.05, 0) is 36.8 Å². The molecule has 1 heterocycles. The number of rotatable bonds is 8. The van der Waals surface area contributed by atoms with E-state index in [9.17, 15) is 4.79 Å². The van der Waals surface area contributed by atoms with Crippen LogP contribution in [0.4, 0.5) is 0 Å². The standard InChI is InChI=1S/C20H22N4O2S/c1-3-24-19(16-9-11-17(26-2)12-10-16)22-23-20(24)27-14-18(25)21-13-15-7-5-4-6-8-15/h4-12H,3,13-14H2,1-2H3,(H,21,25). The lowest BCUT2D eigenvalue weighted by Gasteiger charge is -2.08. The Balaban J connectivity index is 1.61. The summed E-state index contributed by atoms with van der Waals surface area (Å²) >= 11 is 1.39. The third kappa shape index (κ3) is 4.89. The molecular weight excluding hydrogens is 360 g/mol. The Bertz CT molecular complexity index is 879. The largest absolute Gasteiger partial charge is 0.497 e. The third-order valence-corrected chi connectivity index (χ3v) is 5.01. The van der Waals surface area contributed by atoms with Crippen molar-refractivity contribution in [1.29, 1.82) is 0 Å². The first-order chi connectivity index (χ1) is 13.2. The molecule has 0 unspecified atom stereocenters. The Labute approximate surface area is 163 Å².